The van der Waals surface area contributed by atoms with E-state index in [1.54, 1.807) is 45.9 Å². The van der Waals surface area contributed by atoms with Crippen molar-refractivity contribution in [1.82, 2.24) is 9.88 Å². The highest BCUT2D eigenvalue weighted by atomic mass is 16.7. The first-order valence-electron chi connectivity index (χ1n) is 23.7. The van der Waals surface area contributed by atoms with E-state index in [1.165, 1.54) is 59.3 Å². The number of hydrogen-bond donors (Lipinski definition) is 5. The second-order valence-electron chi connectivity index (χ2n) is 19.5. The zero-order chi connectivity index (χ0) is 50.4. The summed E-state index contributed by atoms with van der Waals surface area (Å²) in [4.78, 5) is 64.8. The van der Waals surface area contributed by atoms with Gasteiger partial charge in [-0.25, -0.2) is 4.98 Å². The quantitative estimate of drug-likeness (QED) is 0.0883. The highest BCUT2D eigenvalue weighted by Gasteiger charge is 2.44. The number of allylic oxidation sites excluding steroid dienone is 2. The number of rotatable bonds is 6. The van der Waals surface area contributed by atoms with E-state index in [0.717, 1.165) is 26.1 Å². The number of hydrogen-bond acceptors (Lipinski definition) is 16. The summed E-state index contributed by atoms with van der Waals surface area (Å²) in [5, 5.41) is 49.4. The van der Waals surface area contributed by atoms with Crippen LogP contribution in [0.15, 0.2) is 62.3 Å². The van der Waals surface area contributed by atoms with Gasteiger partial charge in [0.05, 0.1) is 35.2 Å². The topological polar surface area (TPSA) is 231 Å². The zero-order valence-corrected chi connectivity index (χ0v) is 41.3. The summed E-state index contributed by atoms with van der Waals surface area (Å²) in [7, 11) is 1.45. The first-order valence-corrected chi connectivity index (χ1v) is 23.7. The number of esters is 1. The monoisotopic (exact) mass is 954 g/mol. The first kappa shape index (κ1) is 50.9. The van der Waals surface area contributed by atoms with Gasteiger partial charge in [0.1, 0.15) is 28.8 Å². The number of aliphatic hydroxyl groups is 3. The van der Waals surface area contributed by atoms with Crippen molar-refractivity contribution in [3.63, 3.8) is 0 Å². The largest absolute Gasteiger partial charge is 0.507 e. The molecule has 1 saturated heterocycles. The van der Waals surface area contributed by atoms with Crippen molar-refractivity contribution in [2.75, 3.05) is 50.1 Å². The van der Waals surface area contributed by atoms with Gasteiger partial charge in [0.25, 0.3) is 5.91 Å². The van der Waals surface area contributed by atoms with Crippen molar-refractivity contribution in [2.45, 2.75) is 106 Å². The highest BCUT2D eigenvalue weighted by molar-refractivity contribution is 6.16. The molecule has 1 aromatic heterocycles. The molecule has 0 unspecified atom stereocenters. The summed E-state index contributed by atoms with van der Waals surface area (Å²) in [5.74, 6) is -6.35. The molecule has 4 bridgehead atoms. The summed E-state index contributed by atoms with van der Waals surface area (Å²) < 4.78 is 30.6. The van der Waals surface area contributed by atoms with E-state index in [2.05, 4.69) is 29.0 Å². The van der Waals surface area contributed by atoms with E-state index < -0.39 is 88.1 Å². The van der Waals surface area contributed by atoms with E-state index in [-0.39, 0.29) is 60.8 Å². The van der Waals surface area contributed by atoms with Gasteiger partial charge in [0.15, 0.2) is 22.4 Å². The van der Waals surface area contributed by atoms with Gasteiger partial charge in [-0.3, -0.25) is 24.1 Å². The minimum absolute atomic E-state index is 0.0414. The normalized spacial score (nSPS) is 29.2. The van der Waals surface area contributed by atoms with Crippen LogP contribution in [0, 0.1) is 36.5 Å². The Morgan fingerprint density at radius 3 is 2.30 bits per heavy atom. The second-order valence-corrected chi connectivity index (χ2v) is 19.5. The Balaban J connectivity index is 1.44. The molecule has 0 spiro atoms. The molecule has 9 atom stereocenters. The van der Waals surface area contributed by atoms with Crippen LogP contribution in [-0.4, -0.2) is 112 Å². The fourth-order valence-electron chi connectivity index (χ4n) is 9.73. The third-order valence-electron chi connectivity index (χ3n) is 14.2. The van der Waals surface area contributed by atoms with E-state index in [0.29, 0.717) is 24.7 Å². The van der Waals surface area contributed by atoms with Crippen molar-refractivity contribution >= 4 is 62.0 Å². The first-order chi connectivity index (χ1) is 32.6. The fraction of sp³-hybridized carbons (Fsp3) is 0.519. The second kappa shape index (κ2) is 20.1. The molecule has 0 radical (unpaired) electrons. The summed E-state index contributed by atoms with van der Waals surface area (Å²) in [6.45, 7) is 20.9. The van der Waals surface area contributed by atoms with Crippen LogP contribution in [0.3, 0.4) is 0 Å². The van der Waals surface area contributed by atoms with Crippen LogP contribution < -0.4 is 31.0 Å². The number of carbonyl (C=O) groups excluding carboxylic acids is 2. The third kappa shape index (κ3) is 9.79. The standard InChI is InChI=1S/C52H66N4O13/c1-25(2)15-17-55-18-20-56(21-19-55)33-23-34(58)40-36(24-33)68-49-41(53-40)37-38-45(61)31(8)48-39(37)50(63)52(10,69-48)66-22-16-35(65-11)28(5)47(67-32(9)57)30(7)44(60)29(6)43(59)26(3)13-12-14-27(4)51(64)54-42(49)46(38)62/h12-14,16,22-26,28-30,35,43-44,47,59-61,63H,15,17-21H2,1-11H3,(H,54,64)/b13-12+,22-16+,27-14-/t26-,28+,29+,30+,35-,43-,44+,47+,52-/m0/s1. The minimum Gasteiger partial charge on any atom is -0.507 e. The number of aromatic nitrogens is 1. The molecule has 3 aliphatic heterocycles. The number of ether oxygens (including phenoxy) is 4. The number of nitrogens with zero attached hydrogens (tertiary/aromatic N) is 3. The lowest BCUT2D eigenvalue weighted by atomic mass is 9.78. The molecule has 372 valence electrons. The number of methoxy groups -OCH3 is 1. The fourth-order valence-corrected chi connectivity index (χ4v) is 9.73. The van der Waals surface area contributed by atoms with Crippen molar-refractivity contribution in [2.24, 2.45) is 29.6 Å². The zero-order valence-electron chi connectivity index (χ0n) is 41.3. The summed E-state index contributed by atoms with van der Waals surface area (Å²) in [5.41, 5.74) is -1.33. The molecule has 0 aliphatic carbocycles. The number of anilines is 2. The maximum Gasteiger partial charge on any atom is 0.307 e. The SMILES string of the molecule is CO[C@H]1/C=C/O[C@@]2(C)Oc3c(C)c(O)c4c(=O)c(c5oc6cc(N7CCN(CCC(C)C)CC7)cc(=O)c6nc5c4c3=C2O)NC(=O)/C(C)=C\C=C\[C@H](C)[C@H](O)[C@@H](C)[C@@H](O)[C@@H](C)[C@H](OC(C)=O)[C@@H]1C. The number of fused-ring (bicyclic) bond motifs is 2. The van der Waals surface area contributed by atoms with Gasteiger partial charge < -0.3 is 54.0 Å². The molecule has 3 aliphatic rings. The number of carbonyl (C=O) groups is 2. The molecule has 4 heterocycles. The third-order valence-corrected chi connectivity index (χ3v) is 14.2. The van der Waals surface area contributed by atoms with Crippen LogP contribution in [0.1, 0.15) is 74.3 Å². The Morgan fingerprint density at radius 1 is 0.957 bits per heavy atom. The Kier molecular flexibility index (Phi) is 14.8. The molecule has 7 rings (SSSR count). The molecule has 1 fully saturated rings. The number of amides is 1. The van der Waals surface area contributed by atoms with Crippen LogP contribution in [0.4, 0.5) is 11.4 Å². The predicted molar refractivity (Wildman–Crippen MR) is 263 cm³/mol. The van der Waals surface area contributed by atoms with Crippen LogP contribution in [0.25, 0.3) is 38.7 Å². The van der Waals surface area contributed by atoms with Gasteiger partial charge in [-0.05, 0) is 38.8 Å². The number of benzene rings is 3. The molecule has 1 amide bonds. The van der Waals surface area contributed by atoms with Gasteiger partial charge in [0, 0.05) is 105 Å². The van der Waals surface area contributed by atoms with Gasteiger partial charge in [-0.15, -0.1) is 0 Å². The van der Waals surface area contributed by atoms with Gasteiger partial charge in [0.2, 0.25) is 10.9 Å². The Bertz CT molecular complexity index is 2920. The number of aromatic hydroxyl groups is 1. The number of aliphatic hydroxyl groups excluding tert-OH is 3. The van der Waals surface area contributed by atoms with E-state index in [4.69, 9.17) is 28.3 Å². The van der Waals surface area contributed by atoms with Gasteiger partial charge in [-0.2, -0.15) is 0 Å². The van der Waals surface area contributed by atoms with Crippen LogP contribution >= 0.6 is 0 Å². The average Bonchev–Trinajstić information content (AvgIpc) is 3.58. The summed E-state index contributed by atoms with van der Waals surface area (Å²) in [6, 6.07) is 3.17. The smallest absolute Gasteiger partial charge is 0.307 e. The van der Waals surface area contributed by atoms with Crippen molar-refractivity contribution in [3.8, 4) is 11.5 Å². The average molecular weight is 955 g/mol. The minimum atomic E-state index is -1.98. The summed E-state index contributed by atoms with van der Waals surface area (Å²) >= 11 is 0. The molecule has 17 heteroatoms. The van der Waals surface area contributed by atoms with Gasteiger partial charge in [-0.1, -0.05) is 59.8 Å². The van der Waals surface area contributed by atoms with Crippen molar-refractivity contribution < 1.29 is 53.4 Å². The molecule has 3 aromatic carbocycles. The number of phenols is 1. The lowest BCUT2D eigenvalue weighted by molar-refractivity contribution is -0.160. The van der Waals surface area contributed by atoms with Crippen LogP contribution in [0.2, 0.25) is 0 Å². The Hall–Kier alpha value is -6.01. The van der Waals surface area contributed by atoms with Crippen LogP contribution in [-0.2, 0) is 23.8 Å². The molecule has 0 saturated carbocycles. The Morgan fingerprint density at radius 2 is 1.65 bits per heavy atom. The van der Waals surface area contributed by atoms with Crippen LogP contribution in [0.5, 0.6) is 11.5 Å². The predicted octanol–water partition coefficient (Wildman–Crippen LogP) is 5.73. The van der Waals surface area contributed by atoms with E-state index >= 15 is 0 Å². The molecule has 17 nitrogen and oxygen atoms in total. The molecular formula is C52H66N4O13. The molecule has 69 heavy (non-hydrogen) atoms. The maximum atomic E-state index is 14.9. The van der Waals surface area contributed by atoms with E-state index in [9.17, 15) is 39.6 Å². The van der Waals surface area contributed by atoms with E-state index in [1.807, 2.05) is 0 Å². The number of nitrogens with one attached hydrogen (secondary N) is 1. The number of piperazine rings is 1. The van der Waals surface area contributed by atoms with Gasteiger partial charge >= 0.3 is 11.8 Å². The number of phenolic OH excluding ortho intramolecular Hbond substituents is 1. The molecule has 5 N–H and O–H groups in total. The lowest BCUT2D eigenvalue weighted by Crippen LogP contribution is -2.47. The Labute approximate surface area is 400 Å². The van der Waals surface area contributed by atoms with Crippen molar-refractivity contribution in [1.29, 1.82) is 0 Å². The lowest BCUT2D eigenvalue weighted by Gasteiger charge is -2.38. The summed E-state index contributed by atoms with van der Waals surface area (Å²) in [6.07, 6.45) is 4.65. The molecular weight excluding hydrogens is 889 g/mol. The highest BCUT2D eigenvalue weighted by Crippen LogP contribution is 2.42. The van der Waals surface area contributed by atoms with Crippen molar-refractivity contribution in [3.05, 3.63) is 79.5 Å². The maximum absolute atomic E-state index is 14.9. The molecule has 4 aromatic rings.